The van der Waals surface area contributed by atoms with Gasteiger partial charge in [-0.1, -0.05) is 44.5 Å². The topological polar surface area (TPSA) is 70.1 Å². The number of aliphatic hydroxyl groups is 1. The summed E-state index contributed by atoms with van der Waals surface area (Å²) in [6.07, 6.45) is 0. The molecule has 7 heteroatoms. The lowest BCUT2D eigenvalue weighted by molar-refractivity contribution is -0.123. The molecule has 0 spiro atoms. The van der Waals surface area contributed by atoms with E-state index in [9.17, 15) is 14.7 Å². The molecular weight excluding hydrogens is 416 g/mol. The minimum Gasteiger partial charge on any atom is -0.503 e. The molecule has 1 aliphatic heterocycles. The SMILES string of the molecule is COc1ccc(N2C(=O)C(O)=C(C(=O)C(C)(C)C)C2c2ccc(N(C)C)cc2)cc1Cl. The van der Waals surface area contributed by atoms with Gasteiger partial charge in [-0.3, -0.25) is 14.5 Å². The van der Waals surface area contributed by atoms with Crippen LogP contribution in [0.3, 0.4) is 0 Å². The number of amides is 1. The normalized spacial score (nSPS) is 16.7. The van der Waals surface area contributed by atoms with Gasteiger partial charge < -0.3 is 14.7 Å². The molecule has 0 fully saturated rings. The predicted molar refractivity (Wildman–Crippen MR) is 123 cm³/mol. The number of hydrogen-bond acceptors (Lipinski definition) is 5. The molecule has 6 nitrogen and oxygen atoms in total. The van der Waals surface area contributed by atoms with Crippen LogP contribution in [0.15, 0.2) is 53.8 Å². The number of halogens is 1. The van der Waals surface area contributed by atoms with Crippen molar-refractivity contribution in [1.82, 2.24) is 0 Å². The lowest BCUT2D eigenvalue weighted by Crippen LogP contribution is -2.32. The second kappa shape index (κ2) is 8.27. The van der Waals surface area contributed by atoms with Crippen LogP contribution in [0.4, 0.5) is 11.4 Å². The molecular formula is C24H27ClN2O4. The number of anilines is 2. The molecule has 0 bridgehead atoms. The fourth-order valence-electron chi connectivity index (χ4n) is 3.58. The van der Waals surface area contributed by atoms with Crippen LogP contribution in [0.1, 0.15) is 32.4 Å². The van der Waals surface area contributed by atoms with E-state index in [0.717, 1.165) is 5.69 Å². The van der Waals surface area contributed by atoms with E-state index >= 15 is 0 Å². The number of methoxy groups -OCH3 is 1. The van der Waals surface area contributed by atoms with E-state index < -0.39 is 23.1 Å². The van der Waals surface area contributed by atoms with Gasteiger partial charge in [-0.05, 0) is 35.9 Å². The Kier molecular flexibility index (Phi) is 6.05. The highest BCUT2D eigenvalue weighted by molar-refractivity contribution is 6.32. The molecule has 0 aromatic heterocycles. The van der Waals surface area contributed by atoms with Gasteiger partial charge in [0.15, 0.2) is 11.5 Å². The smallest absolute Gasteiger partial charge is 0.294 e. The van der Waals surface area contributed by atoms with Crippen LogP contribution in [0, 0.1) is 5.41 Å². The summed E-state index contributed by atoms with van der Waals surface area (Å²) in [5.41, 5.74) is 1.45. The Morgan fingerprint density at radius 1 is 1.13 bits per heavy atom. The molecule has 2 aromatic carbocycles. The van der Waals surface area contributed by atoms with E-state index in [1.807, 2.05) is 43.3 Å². The summed E-state index contributed by atoms with van der Waals surface area (Å²) >= 11 is 6.30. The van der Waals surface area contributed by atoms with Gasteiger partial charge in [-0.2, -0.15) is 0 Å². The largest absolute Gasteiger partial charge is 0.503 e. The van der Waals surface area contributed by atoms with Crippen molar-refractivity contribution < 1.29 is 19.4 Å². The Morgan fingerprint density at radius 3 is 2.23 bits per heavy atom. The summed E-state index contributed by atoms with van der Waals surface area (Å²) in [4.78, 5) is 29.8. The number of rotatable bonds is 5. The Hall–Kier alpha value is -2.99. The van der Waals surface area contributed by atoms with E-state index in [2.05, 4.69) is 0 Å². The van der Waals surface area contributed by atoms with E-state index in [0.29, 0.717) is 22.0 Å². The van der Waals surface area contributed by atoms with Crippen molar-refractivity contribution in [3.63, 3.8) is 0 Å². The second-order valence-electron chi connectivity index (χ2n) is 8.72. The number of carbonyl (C=O) groups excluding carboxylic acids is 2. The second-order valence-corrected chi connectivity index (χ2v) is 9.13. The summed E-state index contributed by atoms with van der Waals surface area (Å²) in [5, 5.41) is 11.1. The van der Waals surface area contributed by atoms with Crippen molar-refractivity contribution in [3.05, 3.63) is 64.4 Å². The third kappa shape index (κ3) is 4.12. The number of aliphatic hydroxyl groups excluding tert-OH is 1. The van der Waals surface area contributed by atoms with Crippen molar-refractivity contribution in [2.75, 3.05) is 31.0 Å². The van der Waals surface area contributed by atoms with Crippen LogP contribution >= 0.6 is 11.6 Å². The molecule has 1 N–H and O–H groups in total. The highest BCUT2D eigenvalue weighted by atomic mass is 35.5. The molecule has 0 saturated carbocycles. The summed E-state index contributed by atoms with van der Waals surface area (Å²) in [5.74, 6) is -1.00. The van der Waals surface area contributed by atoms with E-state index in [1.54, 1.807) is 39.0 Å². The maximum Gasteiger partial charge on any atom is 0.294 e. The van der Waals surface area contributed by atoms with Crippen molar-refractivity contribution in [1.29, 1.82) is 0 Å². The van der Waals surface area contributed by atoms with Gasteiger partial charge in [-0.15, -0.1) is 0 Å². The minimum atomic E-state index is -0.779. The van der Waals surface area contributed by atoms with Gasteiger partial charge in [0, 0.05) is 30.9 Å². The summed E-state index contributed by atoms with van der Waals surface area (Å²) in [6.45, 7) is 5.29. The molecule has 1 unspecified atom stereocenters. The molecule has 0 radical (unpaired) electrons. The Balaban J connectivity index is 2.19. The van der Waals surface area contributed by atoms with Crippen LogP contribution in [0.25, 0.3) is 0 Å². The quantitative estimate of drug-likeness (QED) is 0.710. The number of benzene rings is 2. The molecule has 164 valence electrons. The van der Waals surface area contributed by atoms with Crippen LogP contribution in [-0.2, 0) is 9.59 Å². The van der Waals surface area contributed by atoms with E-state index in [1.165, 1.54) is 12.0 Å². The van der Waals surface area contributed by atoms with Gasteiger partial charge in [0.2, 0.25) is 0 Å². The Morgan fingerprint density at radius 2 is 1.74 bits per heavy atom. The number of nitrogens with zero attached hydrogens (tertiary/aromatic N) is 2. The number of hydrogen-bond donors (Lipinski definition) is 1. The average Bonchev–Trinajstić information content (AvgIpc) is 2.97. The summed E-state index contributed by atoms with van der Waals surface area (Å²) in [6, 6.07) is 11.7. The maximum atomic E-state index is 13.3. The first-order chi connectivity index (χ1) is 14.5. The first-order valence-corrected chi connectivity index (χ1v) is 10.3. The number of Topliss-reactive ketones (excluding diaryl/α,β-unsaturated/α-hetero) is 1. The highest BCUT2D eigenvalue weighted by Gasteiger charge is 2.46. The summed E-state index contributed by atoms with van der Waals surface area (Å²) < 4.78 is 5.21. The zero-order valence-electron chi connectivity index (χ0n) is 18.6. The number of ether oxygens (including phenoxy) is 1. The third-order valence-electron chi connectivity index (χ3n) is 5.27. The summed E-state index contributed by atoms with van der Waals surface area (Å²) in [7, 11) is 5.37. The average molecular weight is 443 g/mol. The van der Waals surface area contributed by atoms with Crippen LogP contribution in [0.5, 0.6) is 5.75 Å². The van der Waals surface area contributed by atoms with Gasteiger partial charge in [-0.25, -0.2) is 0 Å². The molecule has 0 saturated heterocycles. The van der Waals surface area contributed by atoms with Crippen LogP contribution in [0.2, 0.25) is 5.02 Å². The standard InChI is InChI=1S/C24H27ClN2O4/c1-24(2,3)22(29)19-20(14-7-9-15(10-8-14)26(4)5)27(23(30)21(19)28)16-11-12-18(31-6)17(25)13-16/h7-13,20,28H,1-6H3. The third-order valence-corrected chi connectivity index (χ3v) is 5.57. The minimum absolute atomic E-state index is 0.0852. The van der Waals surface area contributed by atoms with E-state index in [4.69, 9.17) is 16.3 Å². The first-order valence-electron chi connectivity index (χ1n) is 9.89. The fraction of sp³-hybridized carbons (Fsp3) is 0.333. The molecule has 1 amide bonds. The molecule has 1 atom stereocenters. The zero-order valence-corrected chi connectivity index (χ0v) is 19.3. The van der Waals surface area contributed by atoms with Crippen molar-refractivity contribution in [2.24, 2.45) is 5.41 Å². The van der Waals surface area contributed by atoms with Crippen LogP contribution < -0.4 is 14.5 Å². The van der Waals surface area contributed by atoms with Crippen molar-refractivity contribution >= 4 is 34.7 Å². The number of carbonyl (C=O) groups is 2. The number of ketones is 1. The van der Waals surface area contributed by atoms with Crippen molar-refractivity contribution in [3.8, 4) is 5.75 Å². The predicted octanol–water partition coefficient (Wildman–Crippen LogP) is 4.93. The van der Waals surface area contributed by atoms with Gasteiger partial charge in [0.25, 0.3) is 5.91 Å². The monoisotopic (exact) mass is 442 g/mol. The molecule has 3 rings (SSSR count). The Bertz CT molecular complexity index is 1050. The zero-order chi connectivity index (χ0) is 23.1. The maximum absolute atomic E-state index is 13.3. The first kappa shape index (κ1) is 22.7. The lowest BCUT2D eigenvalue weighted by atomic mass is 9.82. The van der Waals surface area contributed by atoms with Crippen LogP contribution in [-0.4, -0.2) is 38.0 Å². The molecule has 1 aliphatic rings. The lowest BCUT2D eigenvalue weighted by Gasteiger charge is -2.29. The van der Waals surface area contributed by atoms with Gasteiger partial charge in [0.1, 0.15) is 5.75 Å². The molecule has 2 aromatic rings. The fourth-order valence-corrected chi connectivity index (χ4v) is 3.83. The highest BCUT2D eigenvalue weighted by Crippen LogP contribution is 2.44. The molecule has 0 aliphatic carbocycles. The van der Waals surface area contributed by atoms with Crippen molar-refractivity contribution in [2.45, 2.75) is 26.8 Å². The van der Waals surface area contributed by atoms with Gasteiger partial charge >= 0.3 is 0 Å². The van der Waals surface area contributed by atoms with Gasteiger partial charge in [0.05, 0.1) is 23.7 Å². The molecule has 1 heterocycles. The Labute approximate surface area is 187 Å². The van der Waals surface area contributed by atoms with E-state index in [-0.39, 0.29) is 11.4 Å². The molecule has 31 heavy (non-hydrogen) atoms.